The number of ether oxygens (including phenoxy) is 3. The van der Waals surface area contributed by atoms with E-state index in [4.69, 9.17) is 14.2 Å². The molecule has 0 saturated carbocycles. The standard InChI is InChI=1S/C18H21N3O4/c1-23-12-14-6-8-21-13(5-7-19-21)11-20(14)18(22)15-3-2-4-16-17(15)25-10-9-24-16/h2-5,7,14H,6,8-12H2,1H3. The minimum absolute atomic E-state index is 0.0143. The van der Waals surface area contributed by atoms with Crippen LogP contribution in [-0.2, 0) is 17.8 Å². The highest BCUT2D eigenvalue weighted by molar-refractivity contribution is 5.98. The number of aromatic nitrogens is 2. The number of para-hydroxylation sites is 1. The molecule has 25 heavy (non-hydrogen) atoms. The smallest absolute Gasteiger partial charge is 0.258 e. The molecule has 2 aliphatic rings. The normalized spacial score (nSPS) is 19.2. The van der Waals surface area contributed by atoms with E-state index in [0.717, 1.165) is 18.7 Å². The van der Waals surface area contributed by atoms with E-state index in [0.29, 0.717) is 43.4 Å². The van der Waals surface area contributed by atoms with Crippen LogP contribution in [0.4, 0.5) is 0 Å². The molecule has 132 valence electrons. The Morgan fingerprint density at radius 1 is 1.32 bits per heavy atom. The Bertz CT molecular complexity index is 773. The van der Waals surface area contributed by atoms with Crippen LogP contribution in [0.5, 0.6) is 11.5 Å². The molecule has 0 aliphatic carbocycles. The first kappa shape index (κ1) is 16.0. The summed E-state index contributed by atoms with van der Waals surface area (Å²) in [4.78, 5) is 15.2. The zero-order valence-corrected chi connectivity index (χ0v) is 14.2. The number of carbonyl (C=O) groups excluding carboxylic acids is 1. The number of fused-ring (bicyclic) bond motifs is 2. The molecule has 2 aromatic rings. The number of nitrogens with zero attached hydrogens (tertiary/aromatic N) is 3. The summed E-state index contributed by atoms with van der Waals surface area (Å²) < 4.78 is 18.7. The van der Waals surface area contributed by atoms with Crippen LogP contribution in [0.3, 0.4) is 0 Å². The maximum Gasteiger partial charge on any atom is 0.258 e. The van der Waals surface area contributed by atoms with E-state index in [2.05, 4.69) is 5.10 Å². The Balaban J connectivity index is 1.69. The summed E-state index contributed by atoms with van der Waals surface area (Å²) in [5, 5.41) is 4.34. The second-order valence-electron chi connectivity index (χ2n) is 6.21. The van der Waals surface area contributed by atoms with Gasteiger partial charge in [0.2, 0.25) is 0 Å². The van der Waals surface area contributed by atoms with E-state index < -0.39 is 0 Å². The van der Waals surface area contributed by atoms with Gasteiger partial charge in [-0.15, -0.1) is 0 Å². The molecule has 4 rings (SSSR count). The van der Waals surface area contributed by atoms with E-state index in [1.54, 1.807) is 19.4 Å². The van der Waals surface area contributed by atoms with Gasteiger partial charge in [-0.05, 0) is 24.6 Å². The summed E-state index contributed by atoms with van der Waals surface area (Å²) in [5.74, 6) is 1.09. The second-order valence-corrected chi connectivity index (χ2v) is 6.21. The van der Waals surface area contributed by atoms with Gasteiger partial charge in [-0.1, -0.05) is 6.07 Å². The zero-order valence-electron chi connectivity index (χ0n) is 14.2. The van der Waals surface area contributed by atoms with E-state index in [1.165, 1.54) is 0 Å². The van der Waals surface area contributed by atoms with Crippen molar-refractivity contribution in [1.82, 2.24) is 14.7 Å². The van der Waals surface area contributed by atoms with Gasteiger partial charge < -0.3 is 19.1 Å². The van der Waals surface area contributed by atoms with Crippen LogP contribution in [0, 0.1) is 0 Å². The summed E-state index contributed by atoms with van der Waals surface area (Å²) in [6.45, 7) is 2.71. The summed E-state index contributed by atoms with van der Waals surface area (Å²) in [7, 11) is 1.66. The first-order valence-electron chi connectivity index (χ1n) is 8.47. The second kappa shape index (κ2) is 6.76. The minimum Gasteiger partial charge on any atom is -0.486 e. The summed E-state index contributed by atoms with van der Waals surface area (Å²) in [6.07, 6.45) is 2.57. The third kappa shape index (κ3) is 2.95. The van der Waals surface area contributed by atoms with Crippen LogP contribution in [0.15, 0.2) is 30.5 Å². The molecule has 7 nitrogen and oxygen atoms in total. The Labute approximate surface area is 146 Å². The Hall–Kier alpha value is -2.54. The fourth-order valence-corrected chi connectivity index (χ4v) is 3.43. The average molecular weight is 343 g/mol. The highest BCUT2D eigenvalue weighted by atomic mass is 16.6. The van der Waals surface area contributed by atoms with Gasteiger partial charge in [0.05, 0.1) is 30.5 Å². The molecule has 0 saturated heterocycles. The molecule has 1 unspecified atom stereocenters. The fourth-order valence-electron chi connectivity index (χ4n) is 3.43. The van der Waals surface area contributed by atoms with Crippen LogP contribution < -0.4 is 9.47 Å². The van der Waals surface area contributed by atoms with Gasteiger partial charge in [-0.25, -0.2) is 0 Å². The number of hydrogen-bond donors (Lipinski definition) is 0. The van der Waals surface area contributed by atoms with Crippen molar-refractivity contribution in [2.24, 2.45) is 0 Å². The molecular weight excluding hydrogens is 322 g/mol. The molecular formula is C18H21N3O4. The maximum absolute atomic E-state index is 13.3. The first-order chi connectivity index (χ1) is 12.3. The van der Waals surface area contributed by atoms with E-state index in [9.17, 15) is 4.79 Å². The number of aryl methyl sites for hydroxylation is 1. The topological polar surface area (TPSA) is 65.8 Å². The average Bonchev–Trinajstić information content (AvgIpc) is 3.02. The van der Waals surface area contributed by atoms with Gasteiger partial charge in [0.1, 0.15) is 13.2 Å². The molecule has 3 heterocycles. The van der Waals surface area contributed by atoms with E-state index in [-0.39, 0.29) is 11.9 Å². The maximum atomic E-state index is 13.3. The highest BCUT2D eigenvalue weighted by Crippen LogP contribution is 2.35. The molecule has 0 radical (unpaired) electrons. The van der Waals surface area contributed by atoms with E-state index >= 15 is 0 Å². The lowest BCUT2D eigenvalue weighted by atomic mass is 10.1. The Kier molecular flexibility index (Phi) is 4.31. The SMILES string of the molecule is COCC1CCn2nccc2CN1C(=O)c1cccc2c1OCCO2. The van der Waals surface area contributed by atoms with Crippen molar-refractivity contribution >= 4 is 5.91 Å². The van der Waals surface area contributed by atoms with Crippen molar-refractivity contribution in [3.8, 4) is 11.5 Å². The van der Waals surface area contributed by atoms with Gasteiger partial charge in [0.25, 0.3) is 5.91 Å². The molecule has 0 fully saturated rings. The summed E-state index contributed by atoms with van der Waals surface area (Å²) >= 11 is 0. The Morgan fingerprint density at radius 2 is 2.20 bits per heavy atom. The molecule has 1 aromatic heterocycles. The zero-order chi connectivity index (χ0) is 17.2. The molecule has 0 bridgehead atoms. The van der Waals surface area contributed by atoms with Crippen molar-refractivity contribution in [3.05, 3.63) is 41.7 Å². The molecule has 1 atom stereocenters. The van der Waals surface area contributed by atoms with Crippen LogP contribution in [0.2, 0.25) is 0 Å². The summed E-state index contributed by atoms with van der Waals surface area (Å²) in [6, 6.07) is 7.39. The predicted octanol–water partition coefficient (Wildman–Crippen LogP) is 1.72. The van der Waals surface area contributed by atoms with Crippen molar-refractivity contribution in [3.63, 3.8) is 0 Å². The molecule has 1 aromatic carbocycles. The lowest BCUT2D eigenvalue weighted by Gasteiger charge is -2.30. The van der Waals surface area contributed by atoms with Gasteiger partial charge in [0, 0.05) is 19.9 Å². The number of rotatable bonds is 3. The van der Waals surface area contributed by atoms with Crippen molar-refractivity contribution in [2.75, 3.05) is 26.9 Å². The third-order valence-electron chi connectivity index (χ3n) is 4.67. The van der Waals surface area contributed by atoms with Gasteiger partial charge in [-0.3, -0.25) is 9.48 Å². The minimum atomic E-state index is -0.0703. The van der Waals surface area contributed by atoms with Crippen LogP contribution >= 0.6 is 0 Å². The number of methoxy groups -OCH3 is 1. The number of benzene rings is 1. The van der Waals surface area contributed by atoms with Crippen molar-refractivity contribution in [1.29, 1.82) is 0 Å². The molecule has 1 amide bonds. The first-order valence-corrected chi connectivity index (χ1v) is 8.47. The lowest BCUT2D eigenvalue weighted by Crippen LogP contribution is -2.42. The molecule has 7 heteroatoms. The molecule has 2 aliphatic heterocycles. The largest absolute Gasteiger partial charge is 0.486 e. The van der Waals surface area contributed by atoms with Crippen LogP contribution in [-0.4, -0.2) is 53.6 Å². The molecule has 0 spiro atoms. The predicted molar refractivity (Wildman–Crippen MR) is 89.8 cm³/mol. The Morgan fingerprint density at radius 3 is 3.08 bits per heavy atom. The lowest BCUT2D eigenvalue weighted by molar-refractivity contribution is 0.0495. The quantitative estimate of drug-likeness (QED) is 0.849. The van der Waals surface area contributed by atoms with Gasteiger partial charge in [-0.2, -0.15) is 5.10 Å². The number of amides is 1. The molecule has 0 N–H and O–H groups in total. The third-order valence-corrected chi connectivity index (χ3v) is 4.67. The number of carbonyl (C=O) groups is 1. The van der Waals surface area contributed by atoms with Gasteiger partial charge in [0.15, 0.2) is 11.5 Å². The van der Waals surface area contributed by atoms with E-state index in [1.807, 2.05) is 27.8 Å². The van der Waals surface area contributed by atoms with Crippen LogP contribution in [0.25, 0.3) is 0 Å². The number of hydrogen-bond acceptors (Lipinski definition) is 5. The monoisotopic (exact) mass is 343 g/mol. The fraction of sp³-hybridized carbons (Fsp3) is 0.444. The van der Waals surface area contributed by atoms with Gasteiger partial charge >= 0.3 is 0 Å². The van der Waals surface area contributed by atoms with Crippen molar-refractivity contribution in [2.45, 2.75) is 25.6 Å². The summed E-state index contributed by atoms with van der Waals surface area (Å²) in [5.41, 5.74) is 1.56. The van der Waals surface area contributed by atoms with Crippen molar-refractivity contribution < 1.29 is 19.0 Å². The highest BCUT2D eigenvalue weighted by Gasteiger charge is 2.31. The van der Waals surface area contributed by atoms with Crippen LogP contribution in [0.1, 0.15) is 22.5 Å².